The summed E-state index contributed by atoms with van der Waals surface area (Å²) in [5, 5.41) is 3.06. The molecule has 1 aromatic rings. The van der Waals surface area contributed by atoms with E-state index in [1.807, 2.05) is 31.2 Å². The van der Waals surface area contributed by atoms with Crippen molar-refractivity contribution in [1.29, 1.82) is 0 Å². The Bertz CT molecular complexity index is 454. The lowest BCUT2D eigenvalue weighted by Gasteiger charge is -2.26. The van der Waals surface area contributed by atoms with Crippen molar-refractivity contribution in [2.24, 2.45) is 17.1 Å². The zero-order valence-electron chi connectivity index (χ0n) is 12.7. The molecule has 0 fully saturated rings. The van der Waals surface area contributed by atoms with E-state index < -0.39 is 0 Å². The third kappa shape index (κ3) is 5.25. The van der Waals surface area contributed by atoms with E-state index in [1.165, 1.54) is 0 Å². The Hall–Kier alpha value is -0.870. The van der Waals surface area contributed by atoms with Gasteiger partial charge in [0.1, 0.15) is 0 Å². The van der Waals surface area contributed by atoms with Gasteiger partial charge in [-0.05, 0) is 30.4 Å². The van der Waals surface area contributed by atoms with Crippen molar-refractivity contribution in [2.75, 3.05) is 6.54 Å². The molecule has 112 valence electrons. The average Bonchev–Trinajstić information content (AvgIpc) is 2.35. The number of halogens is 1. The minimum absolute atomic E-state index is 0.0330. The molecule has 1 amide bonds. The molecule has 2 atom stereocenters. The quantitative estimate of drug-likeness (QED) is 0.859. The third-order valence-electron chi connectivity index (χ3n) is 3.24. The zero-order valence-corrected chi connectivity index (χ0v) is 14.3. The molecule has 20 heavy (non-hydrogen) atoms. The van der Waals surface area contributed by atoms with Crippen LogP contribution in [-0.4, -0.2) is 12.5 Å². The zero-order chi connectivity index (χ0) is 15.3. The molecule has 4 heteroatoms. The van der Waals surface area contributed by atoms with Gasteiger partial charge in [-0.25, -0.2) is 0 Å². The summed E-state index contributed by atoms with van der Waals surface area (Å²) < 4.78 is 1.01. The number of nitrogens with two attached hydrogens (primary N) is 1. The van der Waals surface area contributed by atoms with Crippen molar-refractivity contribution in [3.8, 4) is 0 Å². The Labute approximate surface area is 130 Å². The van der Waals surface area contributed by atoms with Crippen LogP contribution >= 0.6 is 15.9 Å². The highest BCUT2D eigenvalue weighted by Crippen LogP contribution is 2.26. The molecule has 0 aromatic heterocycles. The summed E-state index contributed by atoms with van der Waals surface area (Å²) in [5.74, 6) is -0.106. The summed E-state index contributed by atoms with van der Waals surface area (Å²) in [6.45, 7) is 8.74. The summed E-state index contributed by atoms with van der Waals surface area (Å²) in [5.41, 5.74) is 6.93. The van der Waals surface area contributed by atoms with Crippen molar-refractivity contribution in [3.05, 3.63) is 34.3 Å². The number of nitrogens with one attached hydrogen (secondary N) is 1. The van der Waals surface area contributed by atoms with Gasteiger partial charge >= 0.3 is 0 Å². The van der Waals surface area contributed by atoms with Gasteiger partial charge in [0, 0.05) is 11.0 Å². The number of carbonyl (C=O) groups is 1. The second kappa shape index (κ2) is 7.23. The summed E-state index contributed by atoms with van der Waals surface area (Å²) in [7, 11) is 0. The van der Waals surface area contributed by atoms with Crippen LogP contribution in [0.3, 0.4) is 0 Å². The van der Waals surface area contributed by atoms with E-state index in [2.05, 4.69) is 42.0 Å². The maximum Gasteiger partial charge on any atom is 0.224 e. The lowest BCUT2D eigenvalue weighted by atomic mass is 9.84. The summed E-state index contributed by atoms with van der Waals surface area (Å²) in [6, 6.07) is 7.89. The fraction of sp³-hybridized carbons (Fsp3) is 0.562. The fourth-order valence-electron chi connectivity index (χ4n) is 2.26. The molecule has 1 unspecified atom stereocenters. The van der Waals surface area contributed by atoms with E-state index in [9.17, 15) is 4.79 Å². The normalized spacial score (nSPS) is 14.7. The van der Waals surface area contributed by atoms with Crippen LogP contribution < -0.4 is 11.1 Å². The second-order valence-electron chi connectivity index (χ2n) is 6.45. The Morgan fingerprint density at radius 3 is 2.45 bits per heavy atom. The Morgan fingerprint density at radius 2 is 1.95 bits per heavy atom. The number of hydrogen-bond donors (Lipinski definition) is 2. The molecule has 0 aliphatic heterocycles. The lowest BCUT2D eigenvalue weighted by Crippen LogP contribution is -2.38. The topological polar surface area (TPSA) is 55.1 Å². The minimum Gasteiger partial charge on any atom is -0.349 e. The number of benzene rings is 1. The van der Waals surface area contributed by atoms with Gasteiger partial charge in [-0.15, -0.1) is 0 Å². The Balaban J connectivity index is 2.71. The monoisotopic (exact) mass is 340 g/mol. The van der Waals surface area contributed by atoms with Gasteiger partial charge in [-0.3, -0.25) is 4.79 Å². The van der Waals surface area contributed by atoms with E-state index >= 15 is 0 Å². The van der Waals surface area contributed by atoms with E-state index in [4.69, 9.17) is 5.73 Å². The van der Waals surface area contributed by atoms with Crippen molar-refractivity contribution >= 4 is 21.8 Å². The van der Waals surface area contributed by atoms with Crippen LogP contribution in [0, 0.1) is 11.3 Å². The van der Waals surface area contributed by atoms with Crippen LogP contribution in [0.5, 0.6) is 0 Å². The molecule has 0 spiro atoms. The van der Waals surface area contributed by atoms with E-state index in [1.54, 1.807) is 0 Å². The molecule has 3 nitrogen and oxygen atoms in total. The number of rotatable bonds is 5. The van der Waals surface area contributed by atoms with E-state index in [0.29, 0.717) is 6.54 Å². The standard InChI is InChI=1S/C16H25BrN2O/c1-11(13-7-5-6-8-14(13)17)19-15(20)12(10-18)9-16(2,3)4/h5-8,11-12H,9-10,18H2,1-4H3,(H,19,20)/t11-,12?/m1/s1. The molecular formula is C16H25BrN2O. The van der Waals surface area contributed by atoms with Crippen molar-refractivity contribution in [2.45, 2.75) is 40.2 Å². The Kier molecular flexibility index (Phi) is 6.21. The molecule has 3 N–H and O–H groups in total. The molecule has 0 saturated carbocycles. The molecule has 0 saturated heterocycles. The smallest absolute Gasteiger partial charge is 0.224 e. The highest BCUT2D eigenvalue weighted by Gasteiger charge is 2.25. The van der Waals surface area contributed by atoms with Crippen molar-refractivity contribution in [1.82, 2.24) is 5.32 Å². The first-order chi connectivity index (χ1) is 9.24. The van der Waals surface area contributed by atoms with Gasteiger partial charge in [0.05, 0.1) is 12.0 Å². The summed E-state index contributed by atoms with van der Waals surface area (Å²) in [4.78, 5) is 12.3. The SMILES string of the molecule is C[C@@H](NC(=O)C(CN)CC(C)(C)C)c1ccccc1Br. The number of amides is 1. The van der Waals surface area contributed by atoms with Gasteiger partial charge in [-0.1, -0.05) is 54.9 Å². The number of carbonyl (C=O) groups excluding carboxylic acids is 1. The maximum atomic E-state index is 12.3. The molecule has 1 rings (SSSR count). The molecular weight excluding hydrogens is 316 g/mol. The van der Waals surface area contributed by atoms with E-state index in [-0.39, 0.29) is 23.3 Å². The number of hydrogen-bond acceptors (Lipinski definition) is 2. The summed E-state index contributed by atoms with van der Waals surface area (Å²) in [6.07, 6.45) is 0.790. The first kappa shape index (κ1) is 17.2. The van der Waals surface area contributed by atoms with Crippen LogP contribution in [0.2, 0.25) is 0 Å². The van der Waals surface area contributed by atoms with Gasteiger partial charge < -0.3 is 11.1 Å². The molecule has 1 aromatic carbocycles. The second-order valence-corrected chi connectivity index (χ2v) is 7.30. The third-order valence-corrected chi connectivity index (χ3v) is 3.97. The molecule has 0 bridgehead atoms. The van der Waals surface area contributed by atoms with Crippen molar-refractivity contribution in [3.63, 3.8) is 0 Å². The average molecular weight is 341 g/mol. The van der Waals surface area contributed by atoms with Crippen LogP contribution in [-0.2, 0) is 4.79 Å². The van der Waals surface area contributed by atoms with Gasteiger partial charge in [-0.2, -0.15) is 0 Å². The van der Waals surface area contributed by atoms with Crippen LogP contribution in [0.15, 0.2) is 28.7 Å². The highest BCUT2D eigenvalue weighted by atomic mass is 79.9. The summed E-state index contributed by atoms with van der Waals surface area (Å²) >= 11 is 3.51. The van der Waals surface area contributed by atoms with Gasteiger partial charge in [0.15, 0.2) is 0 Å². The molecule has 0 aliphatic rings. The van der Waals surface area contributed by atoms with E-state index in [0.717, 1.165) is 16.5 Å². The first-order valence-corrected chi connectivity index (χ1v) is 7.79. The fourth-order valence-corrected chi connectivity index (χ4v) is 2.89. The van der Waals surface area contributed by atoms with Crippen molar-refractivity contribution < 1.29 is 4.79 Å². The minimum atomic E-state index is -0.139. The molecule has 0 heterocycles. The van der Waals surface area contributed by atoms with Crippen LogP contribution in [0.4, 0.5) is 0 Å². The van der Waals surface area contributed by atoms with Crippen LogP contribution in [0.1, 0.15) is 45.7 Å². The van der Waals surface area contributed by atoms with Gasteiger partial charge in [0.2, 0.25) is 5.91 Å². The maximum absolute atomic E-state index is 12.3. The molecule has 0 aliphatic carbocycles. The lowest BCUT2D eigenvalue weighted by molar-refractivity contribution is -0.126. The predicted octanol–water partition coefficient (Wildman–Crippen LogP) is 3.64. The largest absolute Gasteiger partial charge is 0.349 e. The molecule has 0 radical (unpaired) electrons. The first-order valence-electron chi connectivity index (χ1n) is 6.99. The van der Waals surface area contributed by atoms with Crippen LogP contribution in [0.25, 0.3) is 0 Å². The highest BCUT2D eigenvalue weighted by molar-refractivity contribution is 9.10. The Morgan fingerprint density at radius 1 is 1.35 bits per heavy atom. The van der Waals surface area contributed by atoms with Gasteiger partial charge in [0.25, 0.3) is 0 Å². The predicted molar refractivity (Wildman–Crippen MR) is 87.3 cm³/mol.